The molecule has 1 aromatic heterocycles. The summed E-state index contributed by atoms with van der Waals surface area (Å²) in [7, 11) is 0. The van der Waals surface area contributed by atoms with Crippen molar-refractivity contribution >= 4 is 5.71 Å². The Hall–Kier alpha value is -3.26. The molecule has 27 heavy (non-hydrogen) atoms. The van der Waals surface area contributed by atoms with Gasteiger partial charge < -0.3 is 0 Å². The molecular weight excluding hydrogens is 328 g/mol. The second-order valence-electron chi connectivity index (χ2n) is 7.13. The van der Waals surface area contributed by atoms with Crippen LogP contribution in [0.4, 0.5) is 0 Å². The van der Waals surface area contributed by atoms with Gasteiger partial charge in [-0.2, -0.15) is 0 Å². The van der Waals surface area contributed by atoms with Crippen LogP contribution in [-0.2, 0) is 5.41 Å². The average Bonchev–Trinajstić information content (AvgIpc) is 3.18. The molecule has 0 radical (unpaired) electrons. The third-order valence-electron chi connectivity index (χ3n) is 5.62. The molecule has 5 rings (SSSR count). The summed E-state index contributed by atoms with van der Waals surface area (Å²) in [6.07, 6.45) is 9.29. The predicted octanol–water partition coefficient (Wildman–Crippen LogP) is 5.13. The van der Waals surface area contributed by atoms with Gasteiger partial charge in [0.25, 0.3) is 0 Å². The molecular formula is C25H20N2. The van der Waals surface area contributed by atoms with E-state index in [1.807, 2.05) is 24.5 Å². The monoisotopic (exact) mass is 348 g/mol. The zero-order valence-electron chi connectivity index (χ0n) is 15.0. The number of pyridine rings is 1. The number of allylic oxidation sites excluding steroid dienone is 3. The van der Waals surface area contributed by atoms with Gasteiger partial charge in [-0.25, -0.2) is 0 Å². The van der Waals surface area contributed by atoms with Crippen LogP contribution in [0.15, 0.2) is 113 Å². The van der Waals surface area contributed by atoms with Gasteiger partial charge in [0.2, 0.25) is 0 Å². The minimum absolute atomic E-state index is 0.134. The van der Waals surface area contributed by atoms with Crippen molar-refractivity contribution in [2.75, 3.05) is 6.54 Å². The van der Waals surface area contributed by atoms with E-state index in [9.17, 15) is 0 Å². The summed E-state index contributed by atoms with van der Waals surface area (Å²) in [5.41, 5.74) is 7.46. The molecule has 0 amide bonds. The number of hydrogen-bond acceptors (Lipinski definition) is 2. The van der Waals surface area contributed by atoms with Gasteiger partial charge >= 0.3 is 0 Å². The Morgan fingerprint density at radius 2 is 1.37 bits per heavy atom. The van der Waals surface area contributed by atoms with E-state index in [-0.39, 0.29) is 5.41 Å². The largest absolute Gasteiger partial charge is 0.280 e. The van der Waals surface area contributed by atoms with Gasteiger partial charge in [0.1, 0.15) is 0 Å². The van der Waals surface area contributed by atoms with Crippen molar-refractivity contribution in [1.82, 2.24) is 4.98 Å². The molecule has 0 N–H and O–H groups in total. The Morgan fingerprint density at radius 1 is 0.741 bits per heavy atom. The molecule has 0 fully saturated rings. The number of aromatic nitrogens is 1. The highest BCUT2D eigenvalue weighted by molar-refractivity contribution is 6.16. The lowest BCUT2D eigenvalue weighted by molar-refractivity contribution is 0.620. The Bertz CT molecular complexity index is 1010. The van der Waals surface area contributed by atoms with Crippen molar-refractivity contribution in [2.24, 2.45) is 4.99 Å². The SMILES string of the molecule is C1=CC(c2ccccc2)(c2ccccc2)CC2=C1C(c1ccncc1)=NC2. The molecule has 1 aliphatic carbocycles. The fourth-order valence-electron chi connectivity index (χ4n) is 4.27. The minimum atomic E-state index is -0.134. The fourth-order valence-corrected chi connectivity index (χ4v) is 4.27. The topological polar surface area (TPSA) is 25.2 Å². The predicted molar refractivity (Wildman–Crippen MR) is 110 cm³/mol. The third-order valence-corrected chi connectivity index (χ3v) is 5.62. The van der Waals surface area contributed by atoms with Crippen LogP contribution in [0.3, 0.4) is 0 Å². The second kappa shape index (κ2) is 6.48. The third kappa shape index (κ3) is 2.65. The second-order valence-corrected chi connectivity index (χ2v) is 7.13. The standard InChI is InChI=1S/C25H20N2/c1-3-7-21(8-4-1)25(22-9-5-2-6-10-22)14-11-23-20(17-25)18-27-24(23)19-12-15-26-16-13-19/h1-16H,17-18H2. The summed E-state index contributed by atoms with van der Waals surface area (Å²) in [5.74, 6) is 0. The lowest BCUT2D eigenvalue weighted by Gasteiger charge is -2.35. The average molecular weight is 348 g/mol. The van der Waals surface area contributed by atoms with Crippen LogP contribution in [0.2, 0.25) is 0 Å². The van der Waals surface area contributed by atoms with E-state index in [1.165, 1.54) is 22.3 Å². The zero-order chi connectivity index (χ0) is 18.1. The van der Waals surface area contributed by atoms with E-state index in [2.05, 4.69) is 77.8 Å². The van der Waals surface area contributed by atoms with Crippen LogP contribution in [0.25, 0.3) is 0 Å². The van der Waals surface area contributed by atoms with Crippen molar-refractivity contribution in [3.63, 3.8) is 0 Å². The van der Waals surface area contributed by atoms with Crippen LogP contribution in [-0.4, -0.2) is 17.2 Å². The molecule has 2 nitrogen and oxygen atoms in total. The number of aliphatic imine (C=N–C) groups is 1. The lowest BCUT2D eigenvalue weighted by Crippen LogP contribution is -2.29. The fraction of sp³-hybridized carbons (Fsp3) is 0.120. The molecule has 0 spiro atoms. The normalized spacial score (nSPS) is 17.6. The summed E-state index contributed by atoms with van der Waals surface area (Å²) in [5, 5.41) is 0. The summed E-state index contributed by atoms with van der Waals surface area (Å²) in [4.78, 5) is 9.00. The molecule has 130 valence electrons. The maximum atomic E-state index is 4.87. The summed E-state index contributed by atoms with van der Waals surface area (Å²) >= 11 is 0. The highest BCUT2D eigenvalue weighted by atomic mass is 14.8. The van der Waals surface area contributed by atoms with Crippen molar-refractivity contribution in [3.05, 3.63) is 125 Å². The van der Waals surface area contributed by atoms with E-state index in [4.69, 9.17) is 4.99 Å². The van der Waals surface area contributed by atoms with E-state index in [0.717, 1.165) is 24.2 Å². The Labute approximate surface area is 159 Å². The molecule has 1 aliphatic heterocycles. The van der Waals surface area contributed by atoms with Crippen molar-refractivity contribution < 1.29 is 0 Å². The van der Waals surface area contributed by atoms with Crippen LogP contribution in [0, 0.1) is 0 Å². The molecule has 2 aliphatic rings. The van der Waals surface area contributed by atoms with E-state index in [0.29, 0.717) is 0 Å². The van der Waals surface area contributed by atoms with Crippen LogP contribution in [0.5, 0.6) is 0 Å². The molecule has 2 heterocycles. The maximum absolute atomic E-state index is 4.87. The first-order valence-corrected chi connectivity index (χ1v) is 9.34. The first-order chi connectivity index (χ1) is 13.4. The van der Waals surface area contributed by atoms with Gasteiger partial charge in [-0.1, -0.05) is 72.8 Å². The number of hydrogen-bond donors (Lipinski definition) is 0. The first kappa shape index (κ1) is 16.0. The molecule has 2 aromatic carbocycles. The zero-order valence-corrected chi connectivity index (χ0v) is 15.0. The van der Waals surface area contributed by atoms with E-state index < -0.39 is 0 Å². The van der Waals surface area contributed by atoms with Gasteiger partial charge in [-0.3, -0.25) is 9.98 Å². The first-order valence-electron chi connectivity index (χ1n) is 9.34. The van der Waals surface area contributed by atoms with Crippen molar-refractivity contribution in [3.8, 4) is 0 Å². The van der Waals surface area contributed by atoms with E-state index >= 15 is 0 Å². The van der Waals surface area contributed by atoms with Gasteiger partial charge in [-0.15, -0.1) is 0 Å². The Morgan fingerprint density at radius 3 is 2.00 bits per heavy atom. The number of benzene rings is 2. The van der Waals surface area contributed by atoms with E-state index in [1.54, 1.807) is 0 Å². The summed E-state index contributed by atoms with van der Waals surface area (Å²) in [6, 6.07) is 25.7. The molecule has 3 aromatic rings. The van der Waals surface area contributed by atoms with Crippen LogP contribution >= 0.6 is 0 Å². The Balaban J connectivity index is 1.59. The van der Waals surface area contributed by atoms with Crippen molar-refractivity contribution in [1.29, 1.82) is 0 Å². The quantitative estimate of drug-likeness (QED) is 0.644. The highest BCUT2D eigenvalue weighted by Crippen LogP contribution is 2.44. The van der Waals surface area contributed by atoms with Gasteiger partial charge in [0.05, 0.1) is 12.3 Å². The molecule has 0 atom stereocenters. The molecule has 0 saturated heterocycles. The highest BCUT2D eigenvalue weighted by Gasteiger charge is 2.37. The number of rotatable bonds is 3. The van der Waals surface area contributed by atoms with Crippen LogP contribution in [0.1, 0.15) is 23.1 Å². The summed E-state index contributed by atoms with van der Waals surface area (Å²) in [6.45, 7) is 0.777. The molecule has 0 bridgehead atoms. The Kier molecular flexibility index (Phi) is 3.83. The van der Waals surface area contributed by atoms with Crippen molar-refractivity contribution in [2.45, 2.75) is 11.8 Å². The molecule has 2 heteroatoms. The molecule has 0 unspecified atom stereocenters. The maximum Gasteiger partial charge on any atom is 0.0724 e. The van der Waals surface area contributed by atoms with Gasteiger partial charge in [0, 0.05) is 28.9 Å². The van der Waals surface area contributed by atoms with Gasteiger partial charge in [0.15, 0.2) is 0 Å². The molecule has 0 saturated carbocycles. The summed E-state index contributed by atoms with van der Waals surface area (Å²) < 4.78 is 0. The lowest BCUT2D eigenvalue weighted by atomic mass is 9.67. The number of nitrogens with zero attached hydrogens (tertiary/aromatic N) is 2. The minimum Gasteiger partial charge on any atom is -0.280 e. The smallest absolute Gasteiger partial charge is 0.0724 e. The van der Waals surface area contributed by atoms with Gasteiger partial charge in [-0.05, 0) is 35.3 Å². The van der Waals surface area contributed by atoms with Crippen LogP contribution < -0.4 is 0 Å².